The number of ether oxygens (including phenoxy) is 3. The van der Waals surface area contributed by atoms with Crippen molar-refractivity contribution in [1.82, 2.24) is 0 Å². The Morgan fingerprint density at radius 2 is 0.494 bits per heavy atom. The van der Waals surface area contributed by atoms with Crippen LogP contribution < -0.4 is 0 Å². The standard InChI is InChI=1S/C75H124O6/c1-4-7-10-13-16-19-22-24-26-28-29-30-31-32-33-34-35-36-37-38-39-40-41-42-43-44-45-47-48-50-53-56-59-62-65-68-74(77)80-71-72(70-79-73(76)67-64-61-58-55-52-21-18-15-12-9-6-3)81-75(78)69-66-63-60-57-54-51-49-46-27-25-23-20-17-14-11-8-5-2/h7,10,15-20,24-27,29-30,32-33,35-36,38-39,41-42,72H,4-6,8-9,11-14,21-23,28,31,34,37,40,43-71H2,1-3H3/b10-7-,18-15-,19-16-,20-17-,26-24-,27-25-,30-29-,33-32-,36-35-,39-38-,42-41-. The second-order valence-electron chi connectivity index (χ2n) is 22.0. The highest BCUT2D eigenvalue weighted by molar-refractivity contribution is 5.71. The zero-order chi connectivity index (χ0) is 58.5. The number of unbranched alkanes of at least 4 members (excludes halogenated alkanes) is 27. The van der Waals surface area contributed by atoms with Crippen LogP contribution in [-0.4, -0.2) is 37.2 Å². The Balaban J connectivity index is 4.21. The Hall–Kier alpha value is -4.45. The van der Waals surface area contributed by atoms with Crippen molar-refractivity contribution in [1.29, 1.82) is 0 Å². The van der Waals surface area contributed by atoms with E-state index in [1.54, 1.807) is 0 Å². The Bertz CT molecular complexity index is 1720. The lowest BCUT2D eigenvalue weighted by atomic mass is 10.1. The molecule has 0 amide bonds. The smallest absolute Gasteiger partial charge is 0.306 e. The van der Waals surface area contributed by atoms with Crippen LogP contribution in [0.3, 0.4) is 0 Å². The molecule has 1 unspecified atom stereocenters. The molecular weight excluding hydrogens is 997 g/mol. The first-order chi connectivity index (χ1) is 40.0. The first kappa shape index (κ1) is 76.5. The summed E-state index contributed by atoms with van der Waals surface area (Å²) >= 11 is 0. The molecule has 0 aromatic carbocycles. The molecule has 0 fully saturated rings. The quantitative estimate of drug-likeness (QED) is 0.0261. The Morgan fingerprint density at radius 1 is 0.259 bits per heavy atom. The molecule has 6 nitrogen and oxygen atoms in total. The van der Waals surface area contributed by atoms with E-state index in [0.29, 0.717) is 19.3 Å². The zero-order valence-electron chi connectivity index (χ0n) is 52.8. The van der Waals surface area contributed by atoms with Crippen LogP contribution >= 0.6 is 0 Å². The van der Waals surface area contributed by atoms with E-state index in [-0.39, 0.29) is 31.1 Å². The third kappa shape index (κ3) is 66.2. The summed E-state index contributed by atoms with van der Waals surface area (Å²) in [7, 11) is 0. The summed E-state index contributed by atoms with van der Waals surface area (Å²) in [5.41, 5.74) is 0. The maximum Gasteiger partial charge on any atom is 0.306 e. The number of hydrogen-bond acceptors (Lipinski definition) is 6. The molecule has 0 bridgehead atoms. The monoisotopic (exact) mass is 1120 g/mol. The van der Waals surface area contributed by atoms with Gasteiger partial charge in [0.05, 0.1) is 0 Å². The summed E-state index contributed by atoms with van der Waals surface area (Å²) < 4.78 is 16.9. The van der Waals surface area contributed by atoms with E-state index in [1.165, 1.54) is 128 Å². The second-order valence-corrected chi connectivity index (χ2v) is 22.0. The van der Waals surface area contributed by atoms with Gasteiger partial charge in [-0.15, -0.1) is 0 Å². The van der Waals surface area contributed by atoms with E-state index in [2.05, 4.69) is 154 Å². The molecule has 0 aliphatic carbocycles. The first-order valence-corrected chi connectivity index (χ1v) is 33.7. The molecule has 6 heteroatoms. The van der Waals surface area contributed by atoms with Gasteiger partial charge in [0.2, 0.25) is 0 Å². The van der Waals surface area contributed by atoms with E-state index in [0.717, 1.165) is 135 Å². The van der Waals surface area contributed by atoms with E-state index in [1.807, 2.05) is 0 Å². The van der Waals surface area contributed by atoms with Crippen LogP contribution in [0.1, 0.15) is 303 Å². The average Bonchev–Trinajstić information content (AvgIpc) is 3.47. The predicted molar refractivity (Wildman–Crippen MR) is 353 cm³/mol. The van der Waals surface area contributed by atoms with Crippen molar-refractivity contribution >= 4 is 17.9 Å². The van der Waals surface area contributed by atoms with E-state index in [9.17, 15) is 14.4 Å². The van der Waals surface area contributed by atoms with E-state index >= 15 is 0 Å². The predicted octanol–water partition coefficient (Wildman–Crippen LogP) is 23.3. The minimum absolute atomic E-state index is 0.0877. The third-order valence-electron chi connectivity index (χ3n) is 14.1. The normalized spacial score (nSPS) is 13.0. The van der Waals surface area contributed by atoms with Crippen LogP contribution in [0.25, 0.3) is 0 Å². The van der Waals surface area contributed by atoms with E-state index < -0.39 is 6.10 Å². The molecule has 0 N–H and O–H groups in total. The Kier molecular flexibility index (Phi) is 64.3. The van der Waals surface area contributed by atoms with Crippen LogP contribution in [0.4, 0.5) is 0 Å². The molecule has 0 radical (unpaired) electrons. The van der Waals surface area contributed by atoms with Gasteiger partial charge in [-0.1, -0.05) is 283 Å². The molecule has 0 saturated carbocycles. The number of esters is 3. The molecule has 0 heterocycles. The van der Waals surface area contributed by atoms with Gasteiger partial charge in [-0.25, -0.2) is 0 Å². The number of rotatable bonds is 60. The highest BCUT2D eigenvalue weighted by Gasteiger charge is 2.19. The van der Waals surface area contributed by atoms with Crippen molar-refractivity contribution in [2.75, 3.05) is 13.2 Å². The summed E-state index contributed by atoms with van der Waals surface area (Å²) in [4.78, 5) is 38.3. The van der Waals surface area contributed by atoms with Crippen molar-refractivity contribution in [2.45, 2.75) is 309 Å². The lowest BCUT2D eigenvalue weighted by Crippen LogP contribution is -2.30. The molecule has 0 saturated heterocycles. The Morgan fingerprint density at radius 3 is 0.802 bits per heavy atom. The topological polar surface area (TPSA) is 78.9 Å². The summed E-state index contributed by atoms with van der Waals surface area (Å²) in [6.07, 6.45) is 96.1. The van der Waals surface area contributed by atoms with Gasteiger partial charge in [0.25, 0.3) is 0 Å². The molecule has 0 aliphatic rings. The lowest BCUT2D eigenvalue weighted by molar-refractivity contribution is -0.167. The summed E-state index contributed by atoms with van der Waals surface area (Å²) in [5.74, 6) is -0.905. The Labute approximate surface area is 500 Å². The van der Waals surface area contributed by atoms with Crippen molar-refractivity contribution in [3.8, 4) is 0 Å². The number of allylic oxidation sites excluding steroid dienone is 22. The average molecular weight is 1120 g/mol. The lowest BCUT2D eigenvalue weighted by Gasteiger charge is -2.18. The number of carbonyl (C=O) groups is 3. The first-order valence-electron chi connectivity index (χ1n) is 33.7. The fraction of sp³-hybridized carbons (Fsp3) is 0.667. The molecule has 0 rings (SSSR count). The SMILES string of the molecule is CC/C=C\C/C=C\C/C=C\C/C=C\C/C=C\C/C=C\C/C=C\C/C=C\CCCCCCCCCCCCC(=O)OCC(COC(=O)CCCCCCC/C=C\CCCC)OC(=O)CCCCCCCCC/C=C\C/C=C\CCCCC. The molecule has 81 heavy (non-hydrogen) atoms. The molecule has 0 aliphatic heterocycles. The minimum Gasteiger partial charge on any atom is -0.462 e. The van der Waals surface area contributed by atoms with Crippen LogP contribution in [0.15, 0.2) is 134 Å². The van der Waals surface area contributed by atoms with Gasteiger partial charge < -0.3 is 14.2 Å². The summed E-state index contributed by atoms with van der Waals surface area (Å²) in [6.45, 7) is 6.46. The van der Waals surface area contributed by atoms with Crippen molar-refractivity contribution < 1.29 is 28.6 Å². The molecule has 0 spiro atoms. The number of hydrogen-bond donors (Lipinski definition) is 0. The largest absolute Gasteiger partial charge is 0.462 e. The van der Waals surface area contributed by atoms with Crippen molar-refractivity contribution in [3.63, 3.8) is 0 Å². The fourth-order valence-corrected chi connectivity index (χ4v) is 9.06. The van der Waals surface area contributed by atoms with Crippen LogP contribution in [0.2, 0.25) is 0 Å². The molecule has 1 atom stereocenters. The van der Waals surface area contributed by atoms with Gasteiger partial charge in [0.1, 0.15) is 13.2 Å². The highest BCUT2D eigenvalue weighted by Crippen LogP contribution is 2.15. The maximum atomic E-state index is 12.9. The zero-order valence-corrected chi connectivity index (χ0v) is 52.8. The van der Waals surface area contributed by atoms with Gasteiger partial charge in [-0.2, -0.15) is 0 Å². The van der Waals surface area contributed by atoms with E-state index in [4.69, 9.17) is 14.2 Å². The van der Waals surface area contributed by atoms with Crippen LogP contribution in [0, 0.1) is 0 Å². The van der Waals surface area contributed by atoms with Crippen LogP contribution in [-0.2, 0) is 28.6 Å². The molecule has 0 aromatic heterocycles. The van der Waals surface area contributed by atoms with Crippen LogP contribution in [0.5, 0.6) is 0 Å². The molecular formula is C75H124O6. The van der Waals surface area contributed by atoms with Crippen molar-refractivity contribution in [2.24, 2.45) is 0 Å². The molecule has 0 aromatic rings. The van der Waals surface area contributed by atoms with Gasteiger partial charge in [-0.3, -0.25) is 14.4 Å². The fourth-order valence-electron chi connectivity index (χ4n) is 9.06. The van der Waals surface area contributed by atoms with Gasteiger partial charge in [0, 0.05) is 19.3 Å². The van der Waals surface area contributed by atoms with Gasteiger partial charge in [0.15, 0.2) is 6.10 Å². The maximum absolute atomic E-state index is 12.9. The summed E-state index contributed by atoms with van der Waals surface area (Å²) in [5, 5.41) is 0. The van der Waals surface area contributed by atoms with Gasteiger partial charge in [-0.05, 0) is 135 Å². The number of carbonyl (C=O) groups excluding carboxylic acids is 3. The van der Waals surface area contributed by atoms with Gasteiger partial charge >= 0.3 is 17.9 Å². The highest BCUT2D eigenvalue weighted by atomic mass is 16.6. The minimum atomic E-state index is -0.791. The third-order valence-corrected chi connectivity index (χ3v) is 14.1. The van der Waals surface area contributed by atoms with Crippen molar-refractivity contribution in [3.05, 3.63) is 134 Å². The summed E-state index contributed by atoms with van der Waals surface area (Å²) in [6, 6.07) is 0. The second kappa shape index (κ2) is 68.1. The molecule has 460 valence electrons.